The van der Waals surface area contributed by atoms with Crippen molar-refractivity contribution in [3.63, 3.8) is 0 Å². The third kappa shape index (κ3) is 2.66. The van der Waals surface area contributed by atoms with Gasteiger partial charge in [-0.2, -0.15) is 0 Å². The van der Waals surface area contributed by atoms with E-state index in [1.165, 1.54) is 5.57 Å². The molecule has 0 aromatic heterocycles. The molecule has 0 bridgehead atoms. The zero-order valence-electron chi connectivity index (χ0n) is 15.5. The first-order valence-electron chi connectivity index (χ1n) is 8.94. The summed E-state index contributed by atoms with van der Waals surface area (Å²) in [7, 11) is 1.62. The summed E-state index contributed by atoms with van der Waals surface area (Å²) in [6, 6.07) is 10.1. The molecule has 6 nitrogen and oxygen atoms in total. The first kappa shape index (κ1) is 16.7. The Hall–Kier alpha value is -2.73. The molecule has 0 radical (unpaired) electrons. The number of hydrogen-bond acceptors (Lipinski definition) is 5. The van der Waals surface area contributed by atoms with Gasteiger partial charge in [0, 0.05) is 13.1 Å². The van der Waals surface area contributed by atoms with Gasteiger partial charge in [-0.25, -0.2) is 5.06 Å². The molecule has 6 heteroatoms. The maximum atomic E-state index is 13.3. The van der Waals surface area contributed by atoms with Crippen LogP contribution in [0.3, 0.4) is 0 Å². The highest BCUT2D eigenvalue weighted by atomic mass is 16.7. The smallest absolute Gasteiger partial charge is 0.277 e. The largest absolute Gasteiger partial charge is 0.352 e. The number of likely N-dealkylation sites (N-methyl/N-ethyl adjacent to an activating group) is 1. The molecule has 0 unspecified atom stereocenters. The number of allylic oxidation sites excluding steroid dienone is 1. The van der Waals surface area contributed by atoms with Crippen molar-refractivity contribution in [1.82, 2.24) is 19.8 Å². The van der Waals surface area contributed by atoms with Crippen molar-refractivity contribution in [2.45, 2.75) is 20.4 Å². The number of carbonyl (C=O) groups is 1. The Morgan fingerprint density at radius 2 is 1.96 bits per heavy atom. The summed E-state index contributed by atoms with van der Waals surface area (Å²) in [5.41, 5.74) is 4.00. The second-order valence-corrected chi connectivity index (χ2v) is 6.77. The lowest BCUT2D eigenvalue weighted by atomic mass is 10.1. The van der Waals surface area contributed by atoms with Crippen molar-refractivity contribution in [1.29, 1.82) is 0 Å². The van der Waals surface area contributed by atoms with Crippen LogP contribution in [0.1, 0.15) is 19.4 Å². The molecule has 3 heterocycles. The fraction of sp³-hybridized carbons (Fsp3) is 0.350. The predicted molar refractivity (Wildman–Crippen MR) is 98.7 cm³/mol. The molecule has 0 aliphatic carbocycles. The SMILES string of the molecule is CCN1CC(C)=CC2=C1N1CN(OC)C=C1C(=O)N2Cc1ccccc1. The van der Waals surface area contributed by atoms with Gasteiger partial charge < -0.3 is 4.90 Å². The number of hydrogen-bond donors (Lipinski definition) is 0. The molecular weight excluding hydrogens is 328 g/mol. The van der Waals surface area contributed by atoms with Gasteiger partial charge >= 0.3 is 0 Å². The van der Waals surface area contributed by atoms with Gasteiger partial charge in [0.25, 0.3) is 5.91 Å². The molecule has 0 atom stereocenters. The van der Waals surface area contributed by atoms with E-state index in [1.807, 2.05) is 23.1 Å². The van der Waals surface area contributed by atoms with Crippen LogP contribution in [0.5, 0.6) is 0 Å². The zero-order chi connectivity index (χ0) is 18.3. The highest BCUT2D eigenvalue weighted by Gasteiger charge is 2.42. The normalized spacial score (nSPS) is 19.6. The van der Waals surface area contributed by atoms with Gasteiger partial charge in [0.1, 0.15) is 18.2 Å². The van der Waals surface area contributed by atoms with Gasteiger partial charge in [0.15, 0.2) is 0 Å². The zero-order valence-corrected chi connectivity index (χ0v) is 15.5. The third-order valence-corrected chi connectivity index (χ3v) is 5.00. The molecule has 0 saturated carbocycles. The molecule has 0 saturated heterocycles. The van der Waals surface area contributed by atoms with Gasteiger partial charge in [-0.15, -0.1) is 0 Å². The first-order valence-corrected chi connectivity index (χ1v) is 8.94. The summed E-state index contributed by atoms with van der Waals surface area (Å²) in [6.07, 6.45) is 3.94. The summed E-state index contributed by atoms with van der Waals surface area (Å²) in [5, 5.41) is 1.70. The van der Waals surface area contributed by atoms with E-state index < -0.39 is 0 Å². The van der Waals surface area contributed by atoms with Crippen LogP contribution in [0.4, 0.5) is 0 Å². The Balaban J connectivity index is 1.82. The second-order valence-electron chi connectivity index (χ2n) is 6.77. The quantitative estimate of drug-likeness (QED) is 0.832. The highest BCUT2D eigenvalue weighted by Crippen LogP contribution is 2.37. The Bertz CT molecular complexity index is 812. The van der Waals surface area contributed by atoms with Gasteiger partial charge in [0.05, 0.1) is 25.6 Å². The van der Waals surface area contributed by atoms with Crippen molar-refractivity contribution >= 4 is 5.91 Å². The number of fused-ring (bicyclic) bond motifs is 2. The molecule has 1 aromatic rings. The monoisotopic (exact) mass is 352 g/mol. The van der Waals surface area contributed by atoms with E-state index in [1.54, 1.807) is 18.4 Å². The van der Waals surface area contributed by atoms with Crippen LogP contribution in [0, 0.1) is 0 Å². The molecule has 26 heavy (non-hydrogen) atoms. The number of benzene rings is 1. The van der Waals surface area contributed by atoms with Crippen molar-refractivity contribution in [2.75, 3.05) is 26.9 Å². The minimum absolute atomic E-state index is 0.00848. The summed E-state index contributed by atoms with van der Waals surface area (Å²) in [4.78, 5) is 24.9. The van der Waals surface area contributed by atoms with Crippen LogP contribution in [-0.4, -0.2) is 52.5 Å². The number of carbonyl (C=O) groups excluding carboxylic acids is 1. The van der Waals surface area contributed by atoms with Crippen molar-refractivity contribution < 1.29 is 9.63 Å². The van der Waals surface area contributed by atoms with E-state index in [-0.39, 0.29) is 5.91 Å². The minimum Gasteiger partial charge on any atom is -0.352 e. The summed E-state index contributed by atoms with van der Waals surface area (Å²) < 4.78 is 0. The van der Waals surface area contributed by atoms with Gasteiger partial charge in [-0.05, 0) is 25.5 Å². The van der Waals surface area contributed by atoms with Crippen LogP contribution in [0.25, 0.3) is 0 Å². The van der Waals surface area contributed by atoms with Gasteiger partial charge in [0.2, 0.25) is 0 Å². The lowest BCUT2D eigenvalue weighted by Gasteiger charge is -2.44. The average molecular weight is 352 g/mol. The molecule has 1 amide bonds. The topological polar surface area (TPSA) is 39.3 Å². The Labute approximate surface area is 154 Å². The Morgan fingerprint density at radius 3 is 2.65 bits per heavy atom. The Morgan fingerprint density at radius 1 is 1.19 bits per heavy atom. The van der Waals surface area contributed by atoms with Crippen LogP contribution >= 0.6 is 0 Å². The fourth-order valence-corrected chi connectivity index (χ4v) is 3.75. The van der Waals surface area contributed by atoms with E-state index in [4.69, 9.17) is 4.84 Å². The number of hydroxylamine groups is 2. The van der Waals surface area contributed by atoms with Crippen LogP contribution in [0.2, 0.25) is 0 Å². The minimum atomic E-state index is 0.00848. The van der Waals surface area contributed by atoms with Crippen molar-refractivity contribution in [3.8, 4) is 0 Å². The van der Waals surface area contributed by atoms with Crippen LogP contribution in [0.15, 0.2) is 65.4 Å². The van der Waals surface area contributed by atoms with E-state index in [0.29, 0.717) is 18.9 Å². The number of nitrogens with zero attached hydrogens (tertiary/aromatic N) is 4. The van der Waals surface area contributed by atoms with Gasteiger partial charge in [-0.3, -0.25) is 19.4 Å². The third-order valence-electron chi connectivity index (χ3n) is 5.00. The van der Waals surface area contributed by atoms with E-state index in [0.717, 1.165) is 30.2 Å². The maximum absolute atomic E-state index is 13.3. The molecule has 3 aliphatic heterocycles. The summed E-state index contributed by atoms with van der Waals surface area (Å²) >= 11 is 0. The predicted octanol–water partition coefficient (Wildman–Crippen LogP) is 2.46. The van der Waals surface area contributed by atoms with Gasteiger partial charge in [-0.1, -0.05) is 35.9 Å². The molecule has 0 spiro atoms. The average Bonchev–Trinajstić information content (AvgIpc) is 3.09. The molecule has 0 fully saturated rings. The lowest BCUT2D eigenvalue weighted by molar-refractivity contribution is -0.129. The molecule has 4 rings (SSSR count). The fourth-order valence-electron chi connectivity index (χ4n) is 3.75. The summed E-state index contributed by atoms with van der Waals surface area (Å²) in [5.74, 6) is 1.09. The Kier molecular flexibility index (Phi) is 4.20. The first-order chi connectivity index (χ1) is 12.6. The van der Waals surface area contributed by atoms with E-state index in [2.05, 4.69) is 41.9 Å². The number of rotatable bonds is 4. The number of amides is 1. The lowest BCUT2D eigenvalue weighted by Crippen LogP contribution is -2.49. The maximum Gasteiger partial charge on any atom is 0.277 e. The standard InChI is InChI=1S/C20H24N4O2/c1-4-21-11-15(2)10-17-19(21)24-14-22(26-3)13-18(24)20(25)23(17)12-16-8-6-5-7-9-16/h5-10,13H,4,11-12,14H2,1-3H3. The van der Waals surface area contributed by atoms with Crippen LogP contribution in [-0.2, 0) is 16.2 Å². The molecule has 3 aliphatic rings. The summed E-state index contributed by atoms with van der Waals surface area (Å²) in [6.45, 7) is 7.10. The second kappa shape index (κ2) is 6.53. The molecule has 1 aromatic carbocycles. The van der Waals surface area contributed by atoms with Crippen LogP contribution < -0.4 is 0 Å². The van der Waals surface area contributed by atoms with Crippen molar-refractivity contribution in [2.24, 2.45) is 0 Å². The molecule has 0 N–H and O–H groups in total. The van der Waals surface area contributed by atoms with E-state index >= 15 is 0 Å². The highest BCUT2D eigenvalue weighted by molar-refractivity contribution is 5.96. The molecular formula is C20H24N4O2. The van der Waals surface area contributed by atoms with Crippen molar-refractivity contribution in [3.05, 3.63) is 71.0 Å². The molecule has 136 valence electrons. The van der Waals surface area contributed by atoms with E-state index in [9.17, 15) is 4.79 Å².